The van der Waals surface area contributed by atoms with Gasteiger partial charge in [0.05, 0.1) is 19.1 Å². The number of hydrogen-bond donors (Lipinski definition) is 1. The molecular weight excluding hydrogens is 242 g/mol. The predicted octanol–water partition coefficient (Wildman–Crippen LogP) is 2.65. The zero-order valence-corrected chi connectivity index (χ0v) is 12.3. The molecule has 0 aromatic heterocycles. The molecule has 0 bridgehead atoms. The summed E-state index contributed by atoms with van der Waals surface area (Å²) in [6.45, 7) is 3.87. The van der Waals surface area contributed by atoms with Crippen molar-refractivity contribution in [2.75, 3.05) is 21.2 Å². The quantitative estimate of drug-likeness (QED) is 0.859. The number of methoxy groups -OCH3 is 1. The number of carbonyl (C=O) groups is 1. The van der Waals surface area contributed by atoms with E-state index in [1.807, 2.05) is 57.1 Å². The Morgan fingerprint density at radius 2 is 1.84 bits per heavy atom. The van der Waals surface area contributed by atoms with Crippen molar-refractivity contribution >= 4 is 5.97 Å². The van der Waals surface area contributed by atoms with E-state index in [0.717, 1.165) is 11.3 Å². The summed E-state index contributed by atoms with van der Waals surface area (Å²) in [6, 6.07) is 7.38. The highest BCUT2D eigenvalue weighted by Gasteiger charge is 2.35. The largest absolute Gasteiger partial charge is 0.496 e. The molecule has 0 aliphatic rings. The third kappa shape index (κ3) is 3.47. The summed E-state index contributed by atoms with van der Waals surface area (Å²) in [5.74, 6) is -0.492. The van der Waals surface area contributed by atoms with Crippen LogP contribution in [-0.4, -0.2) is 37.2 Å². The fourth-order valence-electron chi connectivity index (χ4n) is 2.49. The Bertz CT molecular complexity index is 429. The summed E-state index contributed by atoms with van der Waals surface area (Å²) in [4.78, 5) is 13.5. The van der Waals surface area contributed by atoms with Crippen LogP contribution >= 0.6 is 0 Å². The lowest BCUT2D eigenvalue weighted by atomic mass is 9.83. The van der Waals surface area contributed by atoms with Crippen molar-refractivity contribution in [1.29, 1.82) is 0 Å². The Kier molecular flexibility index (Phi) is 5.36. The molecule has 19 heavy (non-hydrogen) atoms. The van der Waals surface area contributed by atoms with Gasteiger partial charge in [-0.2, -0.15) is 0 Å². The zero-order valence-electron chi connectivity index (χ0n) is 12.3. The van der Waals surface area contributed by atoms with Crippen LogP contribution in [0.15, 0.2) is 24.3 Å². The molecule has 0 radical (unpaired) electrons. The number of carboxylic acids is 1. The van der Waals surface area contributed by atoms with Crippen molar-refractivity contribution in [3.63, 3.8) is 0 Å². The van der Waals surface area contributed by atoms with E-state index in [0.29, 0.717) is 0 Å². The molecule has 1 aromatic rings. The summed E-state index contributed by atoms with van der Waals surface area (Å²) >= 11 is 0. The summed E-state index contributed by atoms with van der Waals surface area (Å²) < 4.78 is 5.37. The average Bonchev–Trinajstić information content (AvgIpc) is 2.34. The lowest BCUT2D eigenvalue weighted by Crippen LogP contribution is -2.35. The molecule has 4 heteroatoms. The molecule has 1 rings (SSSR count). The number of hydrogen-bond acceptors (Lipinski definition) is 3. The lowest BCUT2D eigenvalue weighted by Gasteiger charge is -2.33. The Morgan fingerprint density at radius 1 is 1.26 bits per heavy atom. The topological polar surface area (TPSA) is 49.8 Å². The van der Waals surface area contributed by atoms with E-state index in [1.54, 1.807) is 7.11 Å². The maximum Gasteiger partial charge on any atom is 0.308 e. The second-order valence-corrected chi connectivity index (χ2v) is 5.26. The molecule has 0 saturated carbocycles. The molecule has 2 atom stereocenters. The third-order valence-corrected chi connectivity index (χ3v) is 3.36. The van der Waals surface area contributed by atoms with E-state index in [1.165, 1.54) is 0 Å². The van der Waals surface area contributed by atoms with Gasteiger partial charge in [0.2, 0.25) is 0 Å². The molecule has 0 saturated heterocycles. The maximum atomic E-state index is 11.6. The fourth-order valence-corrected chi connectivity index (χ4v) is 2.49. The zero-order chi connectivity index (χ0) is 14.6. The first kappa shape index (κ1) is 15.5. The van der Waals surface area contributed by atoms with Crippen molar-refractivity contribution < 1.29 is 14.6 Å². The molecule has 106 valence electrons. The maximum absolute atomic E-state index is 11.6. The lowest BCUT2D eigenvalue weighted by molar-refractivity contribution is -0.146. The minimum Gasteiger partial charge on any atom is -0.496 e. The Balaban J connectivity index is 3.30. The van der Waals surface area contributed by atoms with Gasteiger partial charge in [-0.1, -0.05) is 32.0 Å². The highest BCUT2D eigenvalue weighted by atomic mass is 16.5. The van der Waals surface area contributed by atoms with Crippen LogP contribution < -0.4 is 4.74 Å². The molecule has 2 unspecified atom stereocenters. The number of nitrogens with zero attached hydrogens (tertiary/aromatic N) is 1. The normalized spacial score (nSPS) is 14.5. The van der Waals surface area contributed by atoms with Gasteiger partial charge < -0.3 is 14.7 Å². The molecule has 0 fully saturated rings. The van der Waals surface area contributed by atoms with E-state index in [9.17, 15) is 9.90 Å². The monoisotopic (exact) mass is 265 g/mol. The summed E-state index contributed by atoms with van der Waals surface area (Å²) in [7, 11) is 5.40. The predicted molar refractivity (Wildman–Crippen MR) is 75.4 cm³/mol. The highest BCUT2D eigenvalue weighted by molar-refractivity contribution is 5.72. The van der Waals surface area contributed by atoms with E-state index < -0.39 is 11.9 Å². The standard InChI is InChI=1S/C15H23NO3/c1-10(2)13(15(17)18)14(16(3)4)11-8-6-7-9-12(11)19-5/h6-10,13-14H,1-5H3,(H,17,18). The molecule has 1 aromatic carbocycles. The molecule has 0 amide bonds. The van der Waals surface area contributed by atoms with Crippen LogP contribution in [0.25, 0.3) is 0 Å². The van der Waals surface area contributed by atoms with Crippen molar-refractivity contribution in [2.24, 2.45) is 11.8 Å². The van der Waals surface area contributed by atoms with Crippen LogP contribution in [-0.2, 0) is 4.79 Å². The van der Waals surface area contributed by atoms with Crippen molar-refractivity contribution in [2.45, 2.75) is 19.9 Å². The van der Waals surface area contributed by atoms with E-state index in [2.05, 4.69) is 0 Å². The molecule has 1 N–H and O–H groups in total. The Hall–Kier alpha value is -1.55. The van der Waals surface area contributed by atoms with Crippen LogP contribution in [0.1, 0.15) is 25.5 Å². The second-order valence-electron chi connectivity index (χ2n) is 5.26. The van der Waals surface area contributed by atoms with Gasteiger partial charge in [0, 0.05) is 5.56 Å². The highest BCUT2D eigenvalue weighted by Crippen LogP contribution is 2.36. The minimum absolute atomic E-state index is 0.0369. The second kappa shape index (κ2) is 6.57. The minimum atomic E-state index is -0.778. The van der Waals surface area contributed by atoms with Crippen molar-refractivity contribution in [3.8, 4) is 5.75 Å². The summed E-state index contributed by atoms with van der Waals surface area (Å²) in [6.07, 6.45) is 0. The van der Waals surface area contributed by atoms with Crippen LogP contribution in [0.5, 0.6) is 5.75 Å². The van der Waals surface area contributed by atoms with Crippen molar-refractivity contribution in [3.05, 3.63) is 29.8 Å². The van der Waals surface area contributed by atoms with E-state index >= 15 is 0 Å². The number of aliphatic carboxylic acids is 1. The Labute approximate surface area is 115 Å². The van der Waals surface area contributed by atoms with Crippen LogP contribution in [0.3, 0.4) is 0 Å². The van der Waals surface area contributed by atoms with Crippen molar-refractivity contribution in [1.82, 2.24) is 4.90 Å². The number of benzene rings is 1. The van der Waals surface area contributed by atoms with Gasteiger partial charge in [-0.05, 0) is 26.1 Å². The average molecular weight is 265 g/mol. The van der Waals surface area contributed by atoms with Gasteiger partial charge in [0.25, 0.3) is 0 Å². The third-order valence-electron chi connectivity index (χ3n) is 3.36. The molecule has 0 aliphatic heterocycles. The van der Waals surface area contributed by atoms with Crippen LogP contribution in [0.4, 0.5) is 0 Å². The van der Waals surface area contributed by atoms with Gasteiger partial charge in [-0.15, -0.1) is 0 Å². The first-order valence-corrected chi connectivity index (χ1v) is 6.42. The smallest absolute Gasteiger partial charge is 0.308 e. The molecule has 0 heterocycles. The van der Waals surface area contributed by atoms with Gasteiger partial charge in [-0.25, -0.2) is 0 Å². The van der Waals surface area contributed by atoms with Crippen LogP contribution in [0, 0.1) is 11.8 Å². The van der Waals surface area contributed by atoms with E-state index in [-0.39, 0.29) is 12.0 Å². The fraction of sp³-hybridized carbons (Fsp3) is 0.533. The van der Waals surface area contributed by atoms with Gasteiger partial charge in [0.1, 0.15) is 5.75 Å². The number of carboxylic acid groups (broad SMARTS) is 1. The number of rotatable bonds is 6. The molecule has 0 aliphatic carbocycles. The molecular formula is C15H23NO3. The summed E-state index contributed by atoms with van der Waals surface area (Å²) in [5, 5.41) is 9.52. The van der Waals surface area contributed by atoms with Gasteiger partial charge in [0.15, 0.2) is 0 Å². The first-order valence-electron chi connectivity index (χ1n) is 6.42. The van der Waals surface area contributed by atoms with Gasteiger partial charge >= 0.3 is 5.97 Å². The van der Waals surface area contributed by atoms with Crippen LogP contribution in [0.2, 0.25) is 0 Å². The molecule has 0 spiro atoms. The van der Waals surface area contributed by atoms with E-state index in [4.69, 9.17) is 4.74 Å². The van der Waals surface area contributed by atoms with Gasteiger partial charge in [-0.3, -0.25) is 4.79 Å². The molecule has 4 nitrogen and oxygen atoms in total. The number of para-hydroxylation sites is 1. The SMILES string of the molecule is COc1ccccc1C(C(C(=O)O)C(C)C)N(C)C. The Morgan fingerprint density at radius 3 is 2.26 bits per heavy atom. The first-order chi connectivity index (χ1) is 8.90. The summed E-state index contributed by atoms with van der Waals surface area (Å²) in [5.41, 5.74) is 0.913. The number of ether oxygens (including phenoxy) is 1.